The molecule has 3 aromatic carbocycles. The van der Waals surface area contributed by atoms with Crippen molar-refractivity contribution in [1.82, 2.24) is 0 Å². The van der Waals surface area contributed by atoms with E-state index in [4.69, 9.17) is 29.2 Å². The van der Waals surface area contributed by atoms with Gasteiger partial charge in [0.05, 0.1) is 39.6 Å². The van der Waals surface area contributed by atoms with Gasteiger partial charge in [-0.2, -0.15) is 0 Å². The average molecular weight is 525 g/mol. The fraction of sp³-hybridized carbons (Fsp3) is 0.286. The Balaban J connectivity index is 1.44. The first kappa shape index (κ1) is 28.6. The monoisotopic (exact) mass is 524 g/mol. The van der Waals surface area contributed by atoms with Crippen molar-refractivity contribution in [2.45, 2.75) is 0 Å². The van der Waals surface area contributed by atoms with Crippen molar-refractivity contribution in [1.29, 1.82) is 0 Å². The highest BCUT2D eigenvalue weighted by Gasteiger charge is 2.10. The quantitative estimate of drug-likeness (QED) is 0.210. The van der Waals surface area contributed by atoms with Gasteiger partial charge in [-0.1, -0.05) is 0 Å². The maximum Gasteiger partial charge on any atom is 0.255 e. The molecule has 2 amide bonds. The lowest BCUT2D eigenvalue weighted by atomic mass is 10.1. The summed E-state index contributed by atoms with van der Waals surface area (Å²) in [6, 6.07) is 20.2. The lowest BCUT2D eigenvalue weighted by Gasteiger charge is -2.10. The van der Waals surface area contributed by atoms with Crippen LogP contribution in [0.4, 0.5) is 11.4 Å². The molecule has 4 N–H and O–H groups in total. The van der Waals surface area contributed by atoms with Gasteiger partial charge in [-0.3, -0.25) is 9.59 Å². The highest BCUT2D eigenvalue weighted by atomic mass is 16.5. The van der Waals surface area contributed by atoms with E-state index in [2.05, 4.69) is 10.6 Å². The van der Waals surface area contributed by atoms with Gasteiger partial charge in [0.1, 0.15) is 24.7 Å². The van der Waals surface area contributed by atoms with Crippen LogP contribution in [-0.4, -0.2) is 74.9 Å². The largest absolute Gasteiger partial charge is 0.491 e. The summed E-state index contributed by atoms with van der Waals surface area (Å²) in [5.41, 5.74) is 2.02. The Morgan fingerprint density at radius 3 is 1.24 bits per heavy atom. The maximum atomic E-state index is 12.6. The van der Waals surface area contributed by atoms with E-state index < -0.39 is 0 Å². The normalized spacial score (nSPS) is 10.6. The minimum absolute atomic E-state index is 0.0273. The molecular formula is C28H32N2O8. The Hall–Kier alpha value is -3.96. The molecule has 3 rings (SSSR count). The molecule has 0 saturated carbocycles. The summed E-state index contributed by atoms with van der Waals surface area (Å²) >= 11 is 0. The second-order valence-corrected chi connectivity index (χ2v) is 7.90. The molecule has 0 unspecified atom stereocenters. The number of carbonyl (C=O) groups is 2. The second-order valence-electron chi connectivity index (χ2n) is 7.90. The molecule has 0 aliphatic rings. The molecule has 3 aromatic rings. The topological polar surface area (TPSA) is 136 Å². The van der Waals surface area contributed by atoms with E-state index in [9.17, 15) is 9.59 Å². The number of benzene rings is 3. The number of aliphatic hydroxyl groups excluding tert-OH is 2. The molecule has 38 heavy (non-hydrogen) atoms. The fourth-order valence-corrected chi connectivity index (χ4v) is 3.22. The van der Waals surface area contributed by atoms with E-state index >= 15 is 0 Å². The standard InChI is InChI=1S/C28H32N2O8/c31-13-15-35-17-19-37-25-9-5-23(6-10-25)29-27(33)21-1-2-22(4-3-21)28(34)30-24-7-11-26(12-8-24)38-20-18-36-16-14-32/h1-12,31-32H,13-20H2,(H,29,33)(H,30,34). The Morgan fingerprint density at radius 2 is 0.895 bits per heavy atom. The summed E-state index contributed by atoms with van der Waals surface area (Å²) in [4.78, 5) is 25.2. The van der Waals surface area contributed by atoms with Gasteiger partial charge in [-0.25, -0.2) is 0 Å². The van der Waals surface area contributed by atoms with Gasteiger partial charge < -0.3 is 39.8 Å². The molecule has 0 aliphatic carbocycles. The Bertz CT molecular complexity index is 1030. The van der Waals surface area contributed by atoms with Gasteiger partial charge in [0.25, 0.3) is 11.8 Å². The lowest BCUT2D eigenvalue weighted by Crippen LogP contribution is -2.14. The average Bonchev–Trinajstić information content (AvgIpc) is 2.94. The summed E-state index contributed by atoms with van der Waals surface area (Å²) in [6.07, 6.45) is 0. The van der Waals surface area contributed by atoms with E-state index in [1.54, 1.807) is 72.8 Å². The number of rotatable bonds is 16. The van der Waals surface area contributed by atoms with Crippen LogP contribution < -0.4 is 20.1 Å². The van der Waals surface area contributed by atoms with Crippen LogP contribution in [0.5, 0.6) is 11.5 Å². The molecule has 0 radical (unpaired) electrons. The van der Waals surface area contributed by atoms with Crippen molar-refractivity contribution in [2.24, 2.45) is 0 Å². The SMILES string of the molecule is O=C(Nc1ccc(OCCOCCO)cc1)c1ccc(C(=O)Nc2ccc(OCCOCCO)cc2)cc1. The van der Waals surface area contributed by atoms with Crippen molar-refractivity contribution in [3.8, 4) is 11.5 Å². The van der Waals surface area contributed by atoms with E-state index in [1.807, 2.05) is 0 Å². The third-order valence-corrected chi connectivity index (χ3v) is 5.10. The molecule has 0 fully saturated rings. The zero-order chi connectivity index (χ0) is 27.0. The summed E-state index contributed by atoms with van der Waals surface area (Å²) in [7, 11) is 0. The summed E-state index contributed by atoms with van der Waals surface area (Å²) in [5.74, 6) is 0.662. The molecule has 0 bridgehead atoms. The first-order valence-corrected chi connectivity index (χ1v) is 12.1. The first-order valence-electron chi connectivity index (χ1n) is 12.1. The van der Waals surface area contributed by atoms with Crippen LogP contribution in [-0.2, 0) is 9.47 Å². The molecular weight excluding hydrogens is 492 g/mol. The molecule has 0 spiro atoms. The van der Waals surface area contributed by atoms with Crippen molar-refractivity contribution >= 4 is 23.2 Å². The summed E-state index contributed by atoms with van der Waals surface area (Å²) in [5, 5.41) is 23.0. The molecule has 202 valence electrons. The van der Waals surface area contributed by atoms with Crippen LogP contribution in [0, 0.1) is 0 Å². The predicted molar refractivity (Wildman–Crippen MR) is 142 cm³/mol. The molecule has 0 saturated heterocycles. The Labute approximate surface area is 221 Å². The number of amides is 2. The molecule has 0 heterocycles. The number of hydrogen-bond donors (Lipinski definition) is 4. The molecule has 10 nitrogen and oxygen atoms in total. The number of nitrogens with one attached hydrogen (secondary N) is 2. The van der Waals surface area contributed by atoms with Crippen LogP contribution in [0.2, 0.25) is 0 Å². The van der Waals surface area contributed by atoms with Crippen LogP contribution in [0.1, 0.15) is 20.7 Å². The number of carbonyl (C=O) groups excluding carboxylic acids is 2. The summed E-state index contributed by atoms with van der Waals surface area (Å²) < 4.78 is 21.3. The minimum atomic E-state index is -0.305. The van der Waals surface area contributed by atoms with Crippen LogP contribution in [0.25, 0.3) is 0 Å². The Kier molecular flexibility index (Phi) is 12.0. The van der Waals surface area contributed by atoms with Crippen LogP contribution in [0.3, 0.4) is 0 Å². The zero-order valence-electron chi connectivity index (χ0n) is 20.9. The minimum Gasteiger partial charge on any atom is -0.491 e. The van der Waals surface area contributed by atoms with Crippen molar-refractivity contribution in [3.05, 3.63) is 83.9 Å². The van der Waals surface area contributed by atoms with Crippen molar-refractivity contribution < 1.29 is 38.7 Å². The highest BCUT2D eigenvalue weighted by Crippen LogP contribution is 2.18. The number of anilines is 2. The summed E-state index contributed by atoms with van der Waals surface area (Å²) in [6.45, 7) is 1.95. The third-order valence-electron chi connectivity index (χ3n) is 5.10. The van der Waals surface area contributed by atoms with Crippen molar-refractivity contribution in [3.63, 3.8) is 0 Å². The molecule has 0 aliphatic heterocycles. The number of ether oxygens (including phenoxy) is 4. The van der Waals surface area contributed by atoms with E-state index in [1.165, 1.54) is 0 Å². The zero-order valence-corrected chi connectivity index (χ0v) is 20.9. The van der Waals surface area contributed by atoms with Gasteiger partial charge in [-0.15, -0.1) is 0 Å². The van der Waals surface area contributed by atoms with E-state index in [0.29, 0.717) is 60.4 Å². The van der Waals surface area contributed by atoms with Crippen LogP contribution >= 0.6 is 0 Å². The van der Waals surface area contributed by atoms with Gasteiger partial charge in [0.15, 0.2) is 0 Å². The smallest absolute Gasteiger partial charge is 0.255 e. The predicted octanol–water partition coefficient (Wildman–Crippen LogP) is 2.97. The van der Waals surface area contributed by atoms with Crippen molar-refractivity contribution in [2.75, 3.05) is 63.5 Å². The maximum absolute atomic E-state index is 12.6. The number of aliphatic hydroxyl groups is 2. The second kappa shape index (κ2) is 16.0. The van der Waals surface area contributed by atoms with E-state index in [0.717, 1.165) is 0 Å². The number of hydrogen-bond acceptors (Lipinski definition) is 8. The molecule has 0 aromatic heterocycles. The van der Waals surface area contributed by atoms with Gasteiger partial charge in [0, 0.05) is 22.5 Å². The van der Waals surface area contributed by atoms with E-state index in [-0.39, 0.29) is 38.2 Å². The van der Waals surface area contributed by atoms with Gasteiger partial charge >= 0.3 is 0 Å². The molecule has 10 heteroatoms. The third kappa shape index (κ3) is 9.83. The Morgan fingerprint density at radius 1 is 0.526 bits per heavy atom. The first-order chi connectivity index (χ1) is 18.6. The van der Waals surface area contributed by atoms with Gasteiger partial charge in [0.2, 0.25) is 0 Å². The molecule has 0 atom stereocenters. The van der Waals surface area contributed by atoms with Gasteiger partial charge in [-0.05, 0) is 72.8 Å². The lowest BCUT2D eigenvalue weighted by molar-refractivity contribution is 0.0705. The van der Waals surface area contributed by atoms with Crippen LogP contribution in [0.15, 0.2) is 72.8 Å². The fourth-order valence-electron chi connectivity index (χ4n) is 3.22. The highest BCUT2D eigenvalue weighted by molar-refractivity contribution is 6.07.